The molecule has 0 aliphatic heterocycles. The number of halogens is 1. The van der Waals surface area contributed by atoms with Crippen LogP contribution in [-0.2, 0) is 13.0 Å². The first kappa shape index (κ1) is 22.4. The highest BCUT2D eigenvalue weighted by molar-refractivity contribution is 14.0. The van der Waals surface area contributed by atoms with Gasteiger partial charge < -0.3 is 15.1 Å². The van der Waals surface area contributed by atoms with Gasteiger partial charge in [-0.25, -0.2) is 0 Å². The predicted octanol–water partition coefficient (Wildman–Crippen LogP) is 3.32. The summed E-state index contributed by atoms with van der Waals surface area (Å²) >= 11 is 1.70. The lowest BCUT2D eigenvalue weighted by atomic mass is 10.1. The number of guanidine groups is 1. The molecule has 0 aliphatic carbocycles. The third-order valence-electron chi connectivity index (χ3n) is 3.85. The van der Waals surface area contributed by atoms with E-state index in [-0.39, 0.29) is 29.9 Å². The van der Waals surface area contributed by atoms with Crippen LogP contribution in [0.4, 0.5) is 0 Å². The lowest BCUT2D eigenvalue weighted by Gasteiger charge is -2.21. The molecule has 0 saturated heterocycles. The number of hydrogen-bond donors (Lipinski definition) is 1. The molecule has 0 radical (unpaired) electrons. The number of carbonyl (C=O) groups excluding carboxylic acids is 1. The van der Waals surface area contributed by atoms with Crippen LogP contribution in [0.2, 0.25) is 0 Å². The van der Waals surface area contributed by atoms with Crippen LogP contribution < -0.4 is 5.32 Å². The van der Waals surface area contributed by atoms with Crippen LogP contribution in [0.25, 0.3) is 0 Å². The molecule has 0 fully saturated rings. The largest absolute Gasteiger partial charge is 0.356 e. The second kappa shape index (κ2) is 11.2. The first-order valence-corrected chi connectivity index (χ1v) is 9.19. The Balaban J connectivity index is 0.00000338. The molecule has 1 aromatic heterocycles. The lowest BCUT2D eigenvalue weighted by Crippen LogP contribution is -2.39. The molecule has 0 bridgehead atoms. The Morgan fingerprint density at radius 1 is 1.19 bits per heavy atom. The van der Waals surface area contributed by atoms with E-state index in [9.17, 15) is 4.79 Å². The first-order valence-electron chi connectivity index (χ1n) is 8.24. The van der Waals surface area contributed by atoms with Gasteiger partial charge in [0.15, 0.2) is 5.96 Å². The number of nitrogens with zero attached hydrogens (tertiary/aromatic N) is 3. The average molecular weight is 486 g/mol. The van der Waals surface area contributed by atoms with Crippen molar-refractivity contribution in [3.05, 3.63) is 57.8 Å². The van der Waals surface area contributed by atoms with E-state index in [0.29, 0.717) is 0 Å². The van der Waals surface area contributed by atoms with E-state index in [1.165, 1.54) is 5.56 Å². The number of nitrogens with one attached hydrogen (secondary N) is 1. The first-order chi connectivity index (χ1) is 12.0. The Labute approximate surface area is 177 Å². The minimum Gasteiger partial charge on any atom is -0.356 e. The molecule has 0 saturated carbocycles. The highest BCUT2D eigenvalue weighted by Gasteiger charge is 2.09. The third-order valence-corrected chi connectivity index (χ3v) is 4.58. The standard InChI is InChI=1S/C19H26N4OS.HI/c1-20-19(23(4)13-16-9-11-25-14-16)21-10-8-15-6-5-7-17(12-15)18(24)22(2)3;/h5-7,9,11-12,14H,8,10,13H2,1-4H3,(H,20,21);1H. The van der Waals surface area contributed by atoms with Crippen molar-refractivity contribution >= 4 is 47.2 Å². The minimum absolute atomic E-state index is 0. The maximum absolute atomic E-state index is 12.1. The van der Waals surface area contributed by atoms with Crippen molar-refractivity contribution in [2.45, 2.75) is 13.0 Å². The van der Waals surface area contributed by atoms with Crippen molar-refractivity contribution in [2.24, 2.45) is 4.99 Å². The van der Waals surface area contributed by atoms with Crippen LogP contribution >= 0.6 is 35.3 Å². The Kier molecular flexibility index (Phi) is 9.64. The van der Waals surface area contributed by atoms with Gasteiger partial charge in [0.2, 0.25) is 0 Å². The summed E-state index contributed by atoms with van der Waals surface area (Å²) < 4.78 is 0. The second-order valence-electron chi connectivity index (χ2n) is 6.11. The lowest BCUT2D eigenvalue weighted by molar-refractivity contribution is 0.0827. The highest BCUT2D eigenvalue weighted by Crippen LogP contribution is 2.09. The third kappa shape index (κ3) is 6.60. The van der Waals surface area contributed by atoms with Gasteiger partial charge in [-0.05, 0) is 46.5 Å². The van der Waals surface area contributed by atoms with Crippen molar-refractivity contribution in [2.75, 3.05) is 34.7 Å². The van der Waals surface area contributed by atoms with E-state index in [1.807, 2.05) is 31.3 Å². The van der Waals surface area contributed by atoms with Crippen molar-refractivity contribution in [1.29, 1.82) is 0 Å². The Hall–Kier alpha value is -1.61. The number of thiophene rings is 1. The van der Waals surface area contributed by atoms with Gasteiger partial charge in [0.25, 0.3) is 5.91 Å². The van der Waals surface area contributed by atoms with Crippen LogP contribution in [0.1, 0.15) is 21.5 Å². The van der Waals surface area contributed by atoms with Gasteiger partial charge in [-0.1, -0.05) is 12.1 Å². The molecule has 7 heteroatoms. The van der Waals surface area contributed by atoms with Crippen molar-refractivity contribution in [1.82, 2.24) is 15.1 Å². The summed E-state index contributed by atoms with van der Waals surface area (Å²) in [7, 11) is 7.36. The average Bonchev–Trinajstić information content (AvgIpc) is 3.11. The molecule has 2 aromatic rings. The molecule has 2 rings (SSSR count). The zero-order valence-corrected chi connectivity index (χ0v) is 18.9. The summed E-state index contributed by atoms with van der Waals surface area (Å²) in [4.78, 5) is 20.1. The van der Waals surface area contributed by atoms with E-state index in [2.05, 4.69) is 32.0 Å². The molecule has 26 heavy (non-hydrogen) atoms. The summed E-state index contributed by atoms with van der Waals surface area (Å²) in [5.41, 5.74) is 3.14. The molecular weight excluding hydrogens is 459 g/mol. The molecule has 5 nitrogen and oxygen atoms in total. The van der Waals surface area contributed by atoms with Crippen LogP contribution in [0.15, 0.2) is 46.1 Å². The summed E-state index contributed by atoms with van der Waals surface area (Å²) in [6.07, 6.45) is 0.833. The second-order valence-corrected chi connectivity index (χ2v) is 6.89. The SMILES string of the molecule is CN=C(NCCc1cccc(C(=O)N(C)C)c1)N(C)Cc1ccsc1.I. The fourth-order valence-corrected chi connectivity index (χ4v) is 3.21. The van der Waals surface area contributed by atoms with Gasteiger partial charge >= 0.3 is 0 Å². The van der Waals surface area contributed by atoms with Gasteiger partial charge in [0.05, 0.1) is 0 Å². The maximum atomic E-state index is 12.1. The van der Waals surface area contributed by atoms with Gasteiger partial charge in [0, 0.05) is 46.8 Å². The fourth-order valence-electron chi connectivity index (χ4n) is 2.55. The molecular formula is C19H27IN4OS. The maximum Gasteiger partial charge on any atom is 0.253 e. The number of benzene rings is 1. The summed E-state index contributed by atoms with van der Waals surface area (Å²) in [6.45, 7) is 1.59. The molecule has 1 heterocycles. The van der Waals surface area contributed by atoms with E-state index in [4.69, 9.17) is 0 Å². The molecule has 0 spiro atoms. The van der Waals surface area contributed by atoms with Gasteiger partial charge in [-0.15, -0.1) is 24.0 Å². The van der Waals surface area contributed by atoms with Crippen LogP contribution in [0, 0.1) is 0 Å². The van der Waals surface area contributed by atoms with Crippen molar-refractivity contribution in [3.8, 4) is 0 Å². The topological polar surface area (TPSA) is 47.9 Å². The zero-order valence-electron chi connectivity index (χ0n) is 15.7. The molecule has 0 unspecified atom stereocenters. The summed E-state index contributed by atoms with van der Waals surface area (Å²) in [5.74, 6) is 0.896. The van der Waals surface area contributed by atoms with Crippen LogP contribution in [0.5, 0.6) is 0 Å². The minimum atomic E-state index is 0. The molecule has 1 N–H and O–H groups in total. The highest BCUT2D eigenvalue weighted by atomic mass is 127. The number of rotatable bonds is 6. The van der Waals surface area contributed by atoms with Gasteiger partial charge in [-0.2, -0.15) is 11.3 Å². The summed E-state index contributed by atoms with van der Waals surface area (Å²) in [5, 5.41) is 7.62. The zero-order chi connectivity index (χ0) is 18.2. The Morgan fingerprint density at radius 2 is 1.96 bits per heavy atom. The number of carbonyl (C=O) groups is 1. The van der Waals surface area contributed by atoms with E-state index >= 15 is 0 Å². The molecule has 0 atom stereocenters. The summed E-state index contributed by atoms with van der Waals surface area (Å²) in [6, 6.07) is 9.92. The fraction of sp³-hybridized carbons (Fsp3) is 0.368. The van der Waals surface area contributed by atoms with Crippen molar-refractivity contribution < 1.29 is 4.79 Å². The molecule has 1 amide bonds. The molecule has 1 aromatic carbocycles. The van der Waals surface area contributed by atoms with Gasteiger partial charge in [0.1, 0.15) is 0 Å². The molecule has 0 aliphatic rings. The Morgan fingerprint density at radius 3 is 2.58 bits per heavy atom. The van der Waals surface area contributed by atoms with Crippen molar-refractivity contribution in [3.63, 3.8) is 0 Å². The smallest absolute Gasteiger partial charge is 0.253 e. The van der Waals surface area contributed by atoms with Crippen LogP contribution in [-0.4, -0.2) is 56.4 Å². The number of hydrogen-bond acceptors (Lipinski definition) is 3. The van der Waals surface area contributed by atoms with Gasteiger partial charge in [-0.3, -0.25) is 9.79 Å². The quantitative estimate of drug-likeness (QED) is 0.387. The number of amides is 1. The van der Waals surface area contributed by atoms with Crippen LogP contribution in [0.3, 0.4) is 0 Å². The monoisotopic (exact) mass is 486 g/mol. The molecule has 142 valence electrons. The normalized spacial score (nSPS) is 10.8. The van der Waals surface area contributed by atoms with E-state index < -0.39 is 0 Å². The number of aliphatic imine (C=N–C) groups is 1. The predicted molar refractivity (Wildman–Crippen MR) is 121 cm³/mol. The van der Waals surface area contributed by atoms with E-state index in [0.717, 1.165) is 36.6 Å². The van der Waals surface area contributed by atoms with E-state index in [1.54, 1.807) is 37.4 Å². The Bertz CT molecular complexity index is 716.